The molecule has 1 saturated carbocycles. The Labute approximate surface area is 141 Å². The molecule has 1 aromatic carbocycles. The predicted molar refractivity (Wildman–Crippen MR) is 88.6 cm³/mol. The van der Waals surface area contributed by atoms with E-state index >= 15 is 0 Å². The molecule has 1 heterocycles. The molecule has 2 N–H and O–H groups in total. The van der Waals surface area contributed by atoms with Crippen LogP contribution < -0.4 is 10.6 Å². The molecule has 1 saturated heterocycles. The molecule has 1 aliphatic carbocycles. The molecular weight excluding hydrogens is 331 g/mol. The van der Waals surface area contributed by atoms with Gasteiger partial charge in [0.25, 0.3) is 0 Å². The van der Waals surface area contributed by atoms with E-state index in [2.05, 4.69) is 10.6 Å². The number of halogens is 3. The lowest BCUT2D eigenvalue weighted by atomic mass is 10.1. The quantitative estimate of drug-likeness (QED) is 0.875. The zero-order valence-electron chi connectivity index (χ0n) is 11.6. The second kappa shape index (κ2) is 7.19. The van der Waals surface area contributed by atoms with Crippen molar-refractivity contribution in [2.24, 2.45) is 5.92 Å². The number of carbonyl (C=O) groups is 1. The molecule has 2 fully saturated rings. The number of nitrogens with one attached hydrogen (secondary N) is 2. The highest BCUT2D eigenvalue weighted by Crippen LogP contribution is 2.50. The van der Waals surface area contributed by atoms with Crippen molar-refractivity contribution in [2.75, 3.05) is 13.1 Å². The molecule has 0 bridgehead atoms. The Morgan fingerprint density at radius 2 is 2.19 bits per heavy atom. The minimum atomic E-state index is 0. The summed E-state index contributed by atoms with van der Waals surface area (Å²) in [7, 11) is 0. The van der Waals surface area contributed by atoms with Crippen molar-refractivity contribution >= 4 is 41.5 Å². The summed E-state index contributed by atoms with van der Waals surface area (Å²) in [4.78, 5) is 12.1. The van der Waals surface area contributed by atoms with E-state index < -0.39 is 0 Å². The van der Waals surface area contributed by atoms with Crippen LogP contribution in [0, 0.1) is 5.92 Å². The van der Waals surface area contributed by atoms with Crippen molar-refractivity contribution in [3.05, 3.63) is 33.8 Å². The van der Waals surface area contributed by atoms with Gasteiger partial charge in [-0.25, -0.2) is 0 Å². The van der Waals surface area contributed by atoms with Gasteiger partial charge in [0.1, 0.15) is 0 Å². The average molecular weight is 350 g/mol. The van der Waals surface area contributed by atoms with Crippen molar-refractivity contribution in [3.63, 3.8) is 0 Å². The Kier molecular flexibility index (Phi) is 5.78. The second-order valence-corrected chi connectivity index (χ2v) is 6.50. The number of benzene rings is 1. The maximum Gasteiger partial charge on any atom is 0.223 e. The Bertz CT molecular complexity index is 518. The molecule has 3 atom stereocenters. The highest BCUT2D eigenvalue weighted by Gasteiger charge is 2.44. The highest BCUT2D eigenvalue weighted by atomic mass is 35.5. The van der Waals surface area contributed by atoms with Gasteiger partial charge in [-0.3, -0.25) is 4.79 Å². The number of hydrogen-bond donors (Lipinski definition) is 2. The van der Waals surface area contributed by atoms with Gasteiger partial charge < -0.3 is 10.6 Å². The van der Waals surface area contributed by atoms with Crippen LogP contribution in [-0.2, 0) is 4.79 Å². The van der Waals surface area contributed by atoms with Crippen LogP contribution in [0.5, 0.6) is 0 Å². The van der Waals surface area contributed by atoms with E-state index in [1.165, 1.54) is 6.42 Å². The summed E-state index contributed by atoms with van der Waals surface area (Å²) in [6, 6.07) is 5.95. The first-order valence-electron chi connectivity index (χ1n) is 7.11. The van der Waals surface area contributed by atoms with E-state index in [4.69, 9.17) is 23.2 Å². The molecule has 3 nitrogen and oxygen atoms in total. The molecule has 0 spiro atoms. The minimum Gasteiger partial charge on any atom is -0.354 e. The number of hydrogen-bond acceptors (Lipinski definition) is 2. The summed E-state index contributed by atoms with van der Waals surface area (Å²) in [5.74, 6) is 0.459. The molecule has 1 aromatic rings. The molecular formula is C15H19Cl3N2O. The first-order chi connectivity index (χ1) is 9.65. The van der Waals surface area contributed by atoms with Gasteiger partial charge in [0.05, 0.1) is 0 Å². The van der Waals surface area contributed by atoms with Crippen LogP contribution in [0.15, 0.2) is 18.2 Å². The smallest absolute Gasteiger partial charge is 0.223 e. The van der Waals surface area contributed by atoms with E-state index in [9.17, 15) is 4.79 Å². The maximum atomic E-state index is 12.1. The maximum absolute atomic E-state index is 12.1. The third-order valence-electron chi connectivity index (χ3n) is 4.17. The predicted octanol–water partition coefficient (Wildman–Crippen LogP) is 3.39. The zero-order valence-corrected chi connectivity index (χ0v) is 13.9. The van der Waals surface area contributed by atoms with Crippen LogP contribution in [-0.4, -0.2) is 25.0 Å². The standard InChI is InChI=1S/C15H18Cl2N2O.ClH/c16-9-3-4-11(14(17)6-9)12-7-13(12)15(20)19-8-10-2-1-5-18-10;/h3-4,6,10,12-13,18H,1-2,5,7-8H2,(H,19,20);1H. The molecule has 0 radical (unpaired) electrons. The summed E-state index contributed by atoms with van der Waals surface area (Å²) >= 11 is 12.1. The monoisotopic (exact) mass is 348 g/mol. The van der Waals surface area contributed by atoms with Crippen LogP contribution in [0.3, 0.4) is 0 Å². The van der Waals surface area contributed by atoms with Gasteiger partial charge in [0.15, 0.2) is 0 Å². The topological polar surface area (TPSA) is 41.1 Å². The highest BCUT2D eigenvalue weighted by molar-refractivity contribution is 6.35. The van der Waals surface area contributed by atoms with Gasteiger partial charge in [-0.1, -0.05) is 29.3 Å². The summed E-state index contributed by atoms with van der Waals surface area (Å²) in [6.07, 6.45) is 3.23. The largest absolute Gasteiger partial charge is 0.354 e. The lowest BCUT2D eigenvalue weighted by Crippen LogP contribution is -2.38. The fourth-order valence-electron chi connectivity index (χ4n) is 2.92. The van der Waals surface area contributed by atoms with Crippen LogP contribution in [0.25, 0.3) is 0 Å². The molecule has 3 unspecified atom stereocenters. The molecule has 6 heteroatoms. The molecule has 3 rings (SSSR count). The van der Waals surface area contributed by atoms with Gasteiger partial charge in [-0.15, -0.1) is 12.4 Å². The van der Waals surface area contributed by atoms with Crippen LogP contribution >= 0.6 is 35.6 Å². The summed E-state index contributed by atoms with van der Waals surface area (Å²) in [5.41, 5.74) is 1.04. The first-order valence-corrected chi connectivity index (χ1v) is 7.87. The lowest BCUT2D eigenvalue weighted by Gasteiger charge is -2.11. The van der Waals surface area contributed by atoms with Crippen molar-refractivity contribution in [1.82, 2.24) is 10.6 Å². The molecule has 1 aliphatic heterocycles. The zero-order chi connectivity index (χ0) is 14.1. The van der Waals surface area contributed by atoms with Crippen LogP contribution in [0.4, 0.5) is 0 Å². The molecule has 2 aliphatic rings. The molecule has 0 aromatic heterocycles. The number of amides is 1. The van der Waals surface area contributed by atoms with E-state index in [0.29, 0.717) is 16.1 Å². The fraction of sp³-hybridized carbons (Fsp3) is 0.533. The molecule has 116 valence electrons. The number of rotatable bonds is 4. The van der Waals surface area contributed by atoms with Gasteiger partial charge >= 0.3 is 0 Å². The summed E-state index contributed by atoms with van der Waals surface area (Å²) in [5, 5.41) is 7.72. The van der Waals surface area contributed by atoms with Crippen molar-refractivity contribution in [1.29, 1.82) is 0 Å². The second-order valence-electron chi connectivity index (χ2n) is 5.65. The SMILES string of the molecule is Cl.O=C(NCC1CCCN1)C1CC1c1ccc(Cl)cc1Cl. The van der Waals surface area contributed by atoms with Gasteiger partial charge in [0.2, 0.25) is 5.91 Å². The van der Waals surface area contributed by atoms with E-state index in [1.807, 2.05) is 12.1 Å². The van der Waals surface area contributed by atoms with Crippen molar-refractivity contribution < 1.29 is 4.79 Å². The Hall–Kier alpha value is -0.480. The van der Waals surface area contributed by atoms with Gasteiger partial charge in [0, 0.05) is 28.5 Å². The van der Waals surface area contributed by atoms with E-state index in [0.717, 1.165) is 31.5 Å². The van der Waals surface area contributed by atoms with Crippen LogP contribution in [0.1, 0.15) is 30.7 Å². The van der Waals surface area contributed by atoms with Crippen molar-refractivity contribution in [2.45, 2.75) is 31.2 Å². The molecule has 1 amide bonds. The Morgan fingerprint density at radius 1 is 1.38 bits per heavy atom. The summed E-state index contributed by atoms with van der Waals surface area (Å²) in [6.45, 7) is 1.80. The van der Waals surface area contributed by atoms with Gasteiger partial charge in [-0.05, 0) is 49.4 Å². The Balaban J connectivity index is 0.00000161. The summed E-state index contributed by atoms with van der Waals surface area (Å²) < 4.78 is 0. The normalized spacial score (nSPS) is 27.0. The van der Waals surface area contributed by atoms with E-state index in [-0.39, 0.29) is 30.2 Å². The molecule has 21 heavy (non-hydrogen) atoms. The van der Waals surface area contributed by atoms with Crippen LogP contribution in [0.2, 0.25) is 10.0 Å². The Morgan fingerprint density at radius 3 is 2.86 bits per heavy atom. The number of carbonyl (C=O) groups excluding carboxylic acids is 1. The fourth-order valence-corrected chi connectivity index (χ4v) is 3.47. The first kappa shape index (κ1) is 16.9. The third kappa shape index (κ3) is 4.04. The lowest BCUT2D eigenvalue weighted by molar-refractivity contribution is -0.122. The van der Waals surface area contributed by atoms with Crippen molar-refractivity contribution in [3.8, 4) is 0 Å². The van der Waals surface area contributed by atoms with E-state index in [1.54, 1.807) is 6.07 Å². The average Bonchev–Trinajstić information content (AvgIpc) is 3.03. The minimum absolute atomic E-state index is 0. The van der Waals surface area contributed by atoms with Gasteiger partial charge in [-0.2, -0.15) is 0 Å². The third-order valence-corrected chi connectivity index (χ3v) is 4.74.